The maximum atomic E-state index is 5.86. The molecule has 0 aromatic carbocycles. The van der Waals surface area contributed by atoms with Crippen molar-refractivity contribution < 1.29 is 4.74 Å². The molecule has 0 bridgehead atoms. The van der Waals surface area contributed by atoms with Gasteiger partial charge in [0.1, 0.15) is 0 Å². The number of rotatable bonds is 8. The summed E-state index contributed by atoms with van der Waals surface area (Å²) in [6, 6.07) is 0.711. The standard InChI is InChI=1S/C15H29NO/c1-3-10-16-14(8-7-12-5-6-12)13-9-11-17-15(13)4-2/h12-16H,3-11H2,1-2H3. The molecule has 1 heterocycles. The molecule has 2 fully saturated rings. The fraction of sp³-hybridized carbons (Fsp3) is 1.00. The van der Waals surface area contributed by atoms with Crippen molar-refractivity contribution in [2.24, 2.45) is 11.8 Å². The summed E-state index contributed by atoms with van der Waals surface area (Å²) in [7, 11) is 0. The van der Waals surface area contributed by atoms with Crippen molar-refractivity contribution in [2.75, 3.05) is 13.2 Å². The molecule has 0 amide bonds. The average molecular weight is 239 g/mol. The average Bonchev–Trinajstić information content (AvgIpc) is 3.05. The maximum absolute atomic E-state index is 5.86. The molecule has 0 aromatic rings. The largest absolute Gasteiger partial charge is 0.378 e. The van der Waals surface area contributed by atoms with Crippen molar-refractivity contribution >= 4 is 0 Å². The Morgan fingerprint density at radius 2 is 2.06 bits per heavy atom. The first-order valence-corrected chi connectivity index (χ1v) is 7.70. The van der Waals surface area contributed by atoms with Gasteiger partial charge in [-0.2, -0.15) is 0 Å². The fourth-order valence-electron chi connectivity index (χ4n) is 3.16. The molecule has 0 spiro atoms. The molecular formula is C15H29NO. The molecule has 2 rings (SSSR count). The van der Waals surface area contributed by atoms with E-state index >= 15 is 0 Å². The molecule has 3 unspecified atom stereocenters. The molecule has 1 aliphatic carbocycles. The molecule has 0 aromatic heterocycles. The molecule has 1 saturated heterocycles. The fourth-order valence-corrected chi connectivity index (χ4v) is 3.16. The Bertz CT molecular complexity index is 215. The zero-order valence-corrected chi connectivity index (χ0v) is 11.6. The van der Waals surface area contributed by atoms with Gasteiger partial charge in [0.25, 0.3) is 0 Å². The van der Waals surface area contributed by atoms with Crippen LogP contribution in [0.3, 0.4) is 0 Å². The van der Waals surface area contributed by atoms with Gasteiger partial charge in [-0.15, -0.1) is 0 Å². The second kappa shape index (κ2) is 6.75. The van der Waals surface area contributed by atoms with Crippen LogP contribution in [0.5, 0.6) is 0 Å². The van der Waals surface area contributed by atoms with Crippen LogP contribution in [0.15, 0.2) is 0 Å². The van der Waals surface area contributed by atoms with Crippen molar-refractivity contribution in [1.29, 1.82) is 0 Å². The normalized spacial score (nSPS) is 30.7. The van der Waals surface area contributed by atoms with Crippen LogP contribution in [0.4, 0.5) is 0 Å². The highest BCUT2D eigenvalue weighted by Gasteiger charge is 2.34. The highest BCUT2D eigenvalue weighted by molar-refractivity contribution is 4.87. The summed E-state index contributed by atoms with van der Waals surface area (Å²) in [5.41, 5.74) is 0. The molecule has 2 aliphatic rings. The summed E-state index contributed by atoms with van der Waals surface area (Å²) in [5, 5.41) is 3.78. The third kappa shape index (κ3) is 3.96. The molecule has 0 radical (unpaired) electrons. The van der Waals surface area contributed by atoms with Gasteiger partial charge in [0.15, 0.2) is 0 Å². The van der Waals surface area contributed by atoms with Crippen LogP contribution >= 0.6 is 0 Å². The molecule has 1 saturated carbocycles. The first kappa shape index (κ1) is 13.4. The van der Waals surface area contributed by atoms with E-state index in [1.54, 1.807) is 0 Å². The lowest BCUT2D eigenvalue weighted by molar-refractivity contribution is 0.0760. The predicted octanol–water partition coefficient (Wildman–Crippen LogP) is 3.36. The summed E-state index contributed by atoms with van der Waals surface area (Å²) in [4.78, 5) is 0. The number of ether oxygens (including phenoxy) is 1. The molecule has 2 nitrogen and oxygen atoms in total. The summed E-state index contributed by atoms with van der Waals surface area (Å²) >= 11 is 0. The summed E-state index contributed by atoms with van der Waals surface area (Å²) in [6.07, 6.45) is 9.98. The quantitative estimate of drug-likeness (QED) is 0.701. The number of hydrogen-bond acceptors (Lipinski definition) is 2. The Balaban J connectivity index is 1.82. The Kier molecular flexibility index (Phi) is 5.30. The zero-order chi connectivity index (χ0) is 12.1. The second-order valence-electron chi connectivity index (χ2n) is 5.85. The molecule has 1 N–H and O–H groups in total. The van der Waals surface area contributed by atoms with E-state index in [1.807, 2.05) is 0 Å². The van der Waals surface area contributed by atoms with Gasteiger partial charge < -0.3 is 10.1 Å². The lowest BCUT2D eigenvalue weighted by Gasteiger charge is -2.28. The van der Waals surface area contributed by atoms with E-state index in [0.29, 0.717) is 12.1 Å². The Morgan fingerprint density at radius 1 is 1.24 bits per heavy atom. The minimum Gasteiger partial charge on any atom is -0.378 e. The Hall–Kier alpha value is -0.0800. The van der Waals surface area contributed by atoms with E-state index in [0.717, 1.165) is 18.4 Å². The molecule has 1 aliphatic heterocycles. The predicted molar refractivity (Wildman–Crippen MR) is 72.2 cm³/mol. The highest BCUT2D eigenvalue weighted by atomic mass is 16.5. The lowest BCUT2D eigenvalue weighted by Crippen LogP contribution is -2.40. The zero-order valence-electron chi connectivity index (χ0n) is 11.6. The van der Waals surface area contributed by atoms with Crippen molar-refractivity contribution in [3.63, 3.8) is 0 Å². The van der Waals surface area contributed by atoms with Crippen molar-refractivity contribution in [2.45, 2.75) is 70.9 Å². The molecule has 3 atom stereocenters. The van der Waals surface area contributed by atoms with Gasteiger partial charge in [-0.3, -0.25) is 0 Å². The Morgan fingerprint density at radius 3 is 2.71 bits per heavy atom. The minimum absolute atomic E-state index is 0.517. The molecule has 17 heavy (non-hydrogen) atoms. The van der Waals surface area contributed by atoms with E-state index in [4.69, 9.17) is 4.74 Å². The van der Waals surface area contributed by atoms with Crippen LogP contribution in [0, 0.1) is 11.8 Å². The highest BCUT2D eigenvalue weighted by Crippen LogP contribution is 2.36. The number of hydrogen-bond donors (Lipinski definition) is 1. The summed E-state index contributed by atoms with van der Waals surface area (Å²) < 4.78 is 5.86. The van der Waals surface area contributed by atoms with Gasteiger partial charge in [-0.1, -0.05) is 26.7 Å². The van der Waals surface area contributed by atoms with E-state index in [9.17, 15) is 0 Å². The SMILES string of the molecule is CCCNC(CCC1CC1)C1CCOC1CC. The van der Waals surface area contributed by atoms with Gasteiger partial charge in [-0.25, -0.2) is 0 Å². The maximum Gasteiger partial charge on any atom is 0.0616 e. The van der Waals surface area contributed by atoms with Gasteiger partial charge in [-0.05, 0) is 44.6 Å². The van der Waals surface area contributed by atoms with Crippen molar-refractivity contribution in [3.05, 3.63) is 0 Å². The van der Waals surface area contributed by atoms with Crippen molar-refractivity contribution in [3.8, 4) is 0 Å². The first-order valence-electron chi connectivity index (χ1n) is 7.70. The minimum atomic E-state index is 0.517. The van der Waals surface area contributed by atoms with E-state index in [-0.39, 0.29) is 0 Å². The summed E-state index contributed by atoms with van der Waals surface area (Å²) in [5.74, 6) is 1.83. The monoisotopic (exact) mass is 239 g/mol. The second-order valence-corrected chi connectivity index (χ2v) is 5.85. The molecule has 2 heteroatoms. The van der Waals surface area contributed by atoms with Crippen LogP contribution in [0.2, 0.25) is 0 Å². The van der Waals surface area contributed by atoms with Gasteiger partial charge >= 0.3 is 0 Å². The van der Waals surface area contributed by atoms with E-state index in [2.05, 4.69) is 19.2 Å². The Labute approximate surface area is 107 Å². The lowest BCUT2D eigenvalue weighted by atomic mass is 9.88. The molecule has 100 valence electrons. The van der Waals surface area contributed by atoms with Crippen LogP contribution in [-0.2, 0) is 4.74 Å². The summed E-state index contributed by atoms with van der Waals surface area (Å²) in [6.45, 7) is 6.67. The number of nitrogens with one attached hydrogen (secondary N) is 1. The van der Waals surface area contributed by atoms with Crippen LogP contribution < -0.4 is 5.32 Å². The van der Waals surface area contributed by atoms with E-state index in [1.165, 1.54) is 51.5 Å². The van der Waals surface area contributed by atoms with Crippen LogP contribution in [-0.4, -0.2) is 25.3 Å². The van der Waals surface area contributed by atoms with Crippen molar-refractivity contribution in [1.82, 2.24) is 5.32 Å². The van der Waals surface area contributed by atoms with Gasteiger partial charge in [0, 0.05) is 18.6 Å². The van der Waals surface area contributed by atoms with Crippen LogP contribution in [0.25, 0.3) is 0 Å². The third-order valence-corrected chi connectivity index (χ3v) is 4.42. The smallest absolute Gasteiger partial charge is 0.0616 e. The van der Waals surface area contributed by atoms with Gasteiger partial charge in [0.05, 0.1) is 6.10 Å². The van der Waals surface area contributed by atoms with Gasteiger partial charge in [0.2, 0.25) is 0 Å². The molecular weight excluding hydrogens is 210 g/mol. The first-order chi connectivity index (χ1) is 8.35. The topological polar surface area (TPSA) is 21.3 Å². The van der Waals surface area contributed by atoms with E-state index < -0.39 is 0 Å². The third-order valence-electron chi connectivity index (χ3n) is 4.42. The van der Waals surface area contributed by atoms with Crippen LogP contribution in [0.1, 0.15) is 58.8 Å².